The Balaban J connectivity index is 1.69. The van der Waals surface area contributed by atoms with Crippen molar-refractivity contribution in [1.29, 1.82) is 0 Å². The number of hydrogen-bond donors (Lipinski definition) is 0. The summed E-state index contributed by atoms with van der Waals surface area (Å²) in [5, 5.41) is 2.38. The minimum atomic E-state index is -3.69. The number of fused-ring (bicyclic) bond motifs is 1. The molecule has 3 heterocycles. The lowest BCUT2D eigenvalue weighted by Gasteiger charge is -2.29. The topological polar surface area (TPSA) is 73.8 Å². The van der Waals surface area contributed by atoms with Gasteiger partial charge in [0.15, 0.2) is 5.13 Å². The number of sulfonamides is 1. The highest BCUT2D eigenvalue weighted by atomic mass is 32.2. The van der Waals surface area contributed by atoms with E-state index in [2.05, 4.69) is 13.0 Å². The summed E-state index contributed by atoms with van der Waals surface area (Å²) in [4.78, 5) is 22.3. The number of nitrogens with zero attached hydrogens (tertiary/aromatic N) is 4. The van der Waals surface area contributed by atoms with Gasteiger partial charge in [0, 0.05) is 19.6 Å². The van der Waals surface area contributed by atoms with E-state index in [1.165, 1.54) is 27.0 Å². The molecule has 4 rings (SSSR count). The number of thiazole rings is 1. The fraction of sp³-hybridized carbons (Fsp3) is 0.455. The maximum atomic E-state index is 13.8. The van der Waals surface area contributed by atoms with Gasteiger partial charge < -0.3 is 4.90 Å². The lowest BCUT2D eigenvalue weighted by molar-refractivity contribution is -0.121. The Kier molecular flexibility index (Phi) is 6.97. The largest absolute Gasteiger partial charge is 0.308 e. The molecule has 172 valence electrons. The summed E-state index contributed by atoms with van der Waals surface area (Å²) in [5.74, 6) is -0.193. The van der Waals surface area contributed by atoms with Crippen molar-refractivity contribution < 1.29 is 13.2 Å². The molecular weight excluding hydrogens is 464 g/mol. The van der Waals surface area contributed by atoms with Crippen molar-refractivity contribution in [3.05, 3.63) is 41.3 Å². The number of amides is 1. The number of likely N-dealkylation sites (N-methyl/N-ethyl adjacent to an activating group) is 1. The smallest absolute Gasteiger partial charge is 0.253 e. The van der Waals surface area contributed by atoms with Gasteiger partial charge in [-0.15, -0.1) is 11.3 Å². The van der Waals surface area contributed by atoms with Crippen LogP contribution in [0.5, 0.6) is 0 Å². The Morgan fingerprint density at radius 3 is 2.72 bits per heavy atom. The molecule has 0 radical (unpaired) electrons. The highest BCUT2D eigenvalue weighted by molar-refractivity contribution is 7.91. The van der Waals surface area contributed by atoms with Crippen LogP contribution in [0.4, 0.5) is 5.13 Å². The molecule has 1 fully saturated rings. The highest BCUT2D eigenvalue weighted by Gasteiger charge is 2.42. The number of rotatable bonds is 8. The predicted octanol–water partition coefficient (Wildman–Crippen LogP) is 3.67. The summed E-state index contributed by atoms with van der Waals surface area (Å²) >= 11 is 2.67. The average Bonchev–Trinajstić information content (AvgIpc) is 3.53. The average molecular weight is 493 g/mol. The quantitative estimate of drug-likeness (QED) is 0.480. The van der Waals surface area contributed by atoms with Crippen molar-refractivity contribution in [2.75, 3.05) is 38.6 Å². The van der Waals surface area contributed by atoms with Gasteiger partial charge in [-0.25, -0.2) is 13.4 Å². The van der Waals surface area contributed by atoms with Gasteiger partial charge in [-0.2, -0.15) is 4.31 Å². The molecule has 0 saturated carbocycles. The molecule has 1 aromatic carbocycles. The van der Waals surface area contributed by atoms with Gasteiger partial charge in [0.05, 0.1) is 10.2 Å². The van der Waals surface area contributed by atoms with E-state index in [4.69, 9.17) is 4.98 Å². The monoisotopic (exact) mass is 492 g/mol. The number of aryl methyl sites for hydroxylation is 1. The zero-order chi connectivity index (χ0) is 22.9. The molecule has 2 aromatic heterocycles. The minimum absolute atomic E-state index is 0.193. The molecular formula is C22H28N4O3S3. The van der Waals surface area contributed by atoms with Crippen LogP contribution in [-0.4, -0.2) is 68.3 Å². The molecule has 7 nitrogen and oxygen atoms in total. The second-order valence-electron chi connectivity index (χ2n) is 8.11. The third-order valence-corrected chi connectivity index (χ3v) is 10.0. The lowest BCUT2D eigenvalue weighted by Crippen LogP contribution is -2.49. The number of aromatic nitrogens is 1. The molecule has 1 saturated heterocycles. The van der Waals surface area contributed by atoms with Crippen molar-refractivity contribution in [3.8, 4) is 0 Å². The summed E-state index contributed by atoms with van der Waals surface area (Å²) in [6.45, 7) is 3.57. The van der Waals surface area contributed by atoms with E-state index in [1.54, 1.807) is 22.4 Å². The standard InChI is InChI=1S/C22H28N4O3S3/c1-4-16-8-5-10-18-20(16)23-22(31-18)25(14-13-24(2)3)21(27)17-9-6-12-26(17)32(28,29)19-11-7-15-30-19/h5,7-8,10-11,15,17H,4,6,9,12-14H2,1-3H3. The van der Waals surface area contributed by atoms with E-state index in [0.29, 0.717) is 37.6 Å². The third-order valence-electron chi connectivity index (χ3n) is 5.69. The molecule has 32 heavy (non-hydrogen) atoms. The molecule has 1 atom stereocenters. The van der Waals surface area contributed by atoms with Gasteiger partial charge >= 0.3 is 0 Å². The number of para-hydroxylation sites is 1. The molecule has 10 heteroatoms. The SMILES string of the molecule is CCc1cccc2sc(N(CCN(C)C)C(=O)C3CCCN3S(=O)(=O)c3cccs3)nc12. The van der Waals surface area contributed by atoms with Crippen LogP contribution < -0.4 is 4.90 Å². The fourth-order valence-corrected chi connectivity index (χ4v) is 7.79. The van der Waals surface area contributed by atoms with Crippen LogP contribution in [0.3, 0.4) is 0 Å². The first-order chi connectivity index (χ1) is 15.3. The van der Waals surface area contributed by atoms with Crippen LogP contribution in [0, 0.1) is 0 Å². The Morgan fingerprint density at radius 2 is 2.03 bits per heavy atom. The van der Waals surface area contributed by atoms with Gasteiger partial charge in [-0.1, -0.05) is 36.5 Å². The zero-order valence-electron chi connectivity index (χ0n) is 18.5. The van der Waals surface area contributed by atoms with Gasteiger partial charge in [0.2, 0.25) is 5.91 Å². The number of carbonyl (C=O) groups is 1. The highest BCUT2D eigenvalue weighted by Crippen LogP contribution is 2.34. The van der Waals surface area contributed by atoms with Crippen molar-refractivity contribution in [3.63, 3.8) is 0 Å². The number of benzene rings is 1. The first kappa shape index (κ1) is 23.3. The number of anilines is 1. The summed E-state index contributed by atoms with van der Waals surface area (Å²) in [6.07, 6.45) is 2.05. The van der Waals surface area contributed by atoms with E-state index in [-0.39, 0.29) is 10.1 Å². The van der Waals surface area contributed by atoms with Crippen molar-refractivity contribution in [2.24, 2.45) is 0 Å². The maximum absolute atomic E-state index is 13.8. The number of carbonyl (C=O) groups excluding carboxylic acids is 1. The number of hydrogen-bond acceptors (Lipinski definition) is 7. The van der Waals surface area contributed by atoms with Crippen LogP contribution in [0.1, 0.15) is 25.3 Å². The predicted molar refractivity (Wildman–Crippen MR) is 131 cm³/mol. The summed E-state index contributed by atoms with van der Waals surface area (Å²) < 4.78 is 29.1. The second-order valence-corrected chi connectivity index (χ2v) is 12.2. The fourth-order valence-electron chi connectivity index (χ4n) is 3.98. The van der Waals surface area contributed by atoms with Crippen molar-refractivity contribution in [1.82, 2.24) is 14.2 Å². The van der Waals surface area contributed by atoms with E-state index >= 15 is 0 Å². The van der Waals surface area contributed by atoms with Crippen LogP contribution in [-0.2, 0) is 21.2 Å². The molecule has 0 N–H and O–H groups in total. The van der Waals surface area contributed by atoms with E-state index in [1.807, 2.05) is 31.1 Å². The number of thiophene rings is 1. The molecule has 1 amide bonds. The normalized spacial score (nSPS) is 17.4. The Labute approximate surface area is 197 Å². The van der Waals surface area contributed by atoms with Crippen LogP contribution in [0.2, 0.25) is 0 Å². The van der Waals surface area contributed by atoms with Gasteiger partial charge in [0.25, 0.3) is 10.0 Å². The van der Waals surface area contributed by atoms with Crippen LogP contribution >= 0.6 is 22.7 Å². The molecule has 0 aliphatic carbocycles. The summed E-state index contributed by atoms with van der Waals surface area (Å²) in [6, 6.07) is 8.71. The van der Waals surface area contributed by atoms with Crippen molar-refractivity contribution >= 4 is 54.0 Å². The van der Waals surface area contributed by atoms with E-state index in [0.717, 1.165) is 22.2 Å². The van der Waals surface area contributed by atoms with Crippen LogP contribution in [0.15, 0.2) is 39.9 Å². The van der Waals surface area contributed by atoms with Crippen LogP contribution in [0.25, 0.3) is 10.2 Å². The lowest BCUT2D eigenvalue weighted by atomic mass is 10.1. The minimum Gasteiger partial charge on any atom is -0.308 e. The van der Waals surface area contributed by atoms with Gasteiger partial charge in [-0.05, 0) is 56.4 Å². The second kappa shape index (κ2) is 9.56. The maximum Gasteiger partial charge on any atom is 0.253 e. The Morgan fingerprint density at radius 1 is 1.22 bits per heavy atom. The molecule has 1 unspecified atom stereocenters. The zero-order valence-corrected chi connectivity index (χ0v) is 21.0. The van der Waals surface area contributed by atoms with Gasteiger partial charge in [-0.3, -0.25) is 9.69 Å². The Hall–Kier alpha value is -1.85. The van der Waals surface area contributed by atoms with E-state index in [9.17, 15) is 13.2 Å². The first-order valence-electron chi connectivity index (χ1n) is 10.7. The third kappa shape index (κ3) is 4.47. The molecule has 1 aliphatic heterocycles. The molecule has 3 aromatic rings. The summed E-state index contributed by atoms with van der Waals surface area (Å²) in [7, 11) is 0.220. The Bertz CT molecular complexity index is 1190. The summed E-state index contributed by atoms with van der Waals surface area (Å²) in [5.41, 5.74) is 2.07. The van der Waals surface area contributed by atoms with Crippen molar-refractivity contribution in [2.45, 2.75) is 36.4 Å². The molecule has 0 spiro atoms. The van der Waals surface area contributed by atoms with E-state index < -0.39 is 16.1 Å². The first-order valence-corrected chi connectivity index (χ1v) is 13.9. The van der Waals surface area contributed by atoms with Gasteiger partial charge in [0.1, 0.15) is 10.3 Å². The molecule has 1 aliphatic rings. The molecule has 0 bridgehead atoms.